The normalized spacial score (nSPS) is 13.8. The molecule has 2 heterocycles. The molecule has 0 fully saturated rings. The molecule has 0 bridgehead atoms. The van der Waals surface area contributed by atoms with Crippen LogP contribution in [0, 0.1) is 0 Å². The Morgan fingerprint density at radius 2 is 1.86 bits per heavy atom. The van der Waals surface area contributed by atoms with Gasteiger partial charge in [0.25, 0.3) is 0 Å². The molecule has 4 rings (SSSR count). The molecule has 0 atom stereocenters. The zero-order valence-electron chi connectivity index (χ0n) is 21.1. The number of methoxy groups -OCH3 is 1. The Labute approximate surface area is 221 Å². The predicted molar refractivity (Wildman–Crippen MR) is 145 cm³/mol. The molecule has 1 aliphatic heterocycles. The molecule has 10 nitrogen and oxygen atoms in total. The predicted octanol–water partition coefficient (Wildman–Crippen LogP) is 4.57. The van der Waals surface area contributed by atoms with Crippen LogP contribution in [0.5, 0.6) is 5.75 Å². The fraction of sp³-hybridized carbons (Fsp3) is 0.320. The first kappa shape index (κ1) is 26.6. The Morgan fingerprint density at radius 3 is 2.57 bits per heavy atom. The van der Waals surface area contributed by atoms with Crippen LogP contribution in [0.1, 0.15) is 25.3 Å². The lowest BCUT2D eigenvalue weighted by atomic mass is 10.0. The summed E-state index contributed by atoms with van der Waals surface area (Å²) in [5.41, 5.74) is 2.74. The zero-order chi connectivity index (χ0) is 26.7. The van der Waals surface area contributed by atoms with Crippen LogP contribution in [0.15, 0.2) is 47.5 Å². The minimum absolute atomic E-state index is 0.0895. The van der Waals surface area contributed by atoms with Gasteiger partial charge in [-0.2, -0.15) is 4.98 Å². The van der Waals surface area contributed by atoms with E-state index in [0.29, 0.717) is 36.5 Å². The number of para-hydroxylation sites is 1. The van der Waals surface area contributed by atoms with Crippen LogP contribution in [-0.4, -0.2) is 56.3 Å². The molecule has 37 heavy (non-hydrogen) atoms. The molecule has 0 saturated heterocycles. The molecule has 0 aliphatic carbocycles. The summed E-state index contributed by atoms with van der Waals surface area (Å²) in [6.07, 6.45) is 3.33. The van der Waals surface area contributed by atoms with E-state index in [1.807, 2.05) is 19.1 Å². The lowest BCUT2D eigenvalue weighted by Crippen LogP contribution is -2.29. The topological polar surface area (TPSA) is 117 Å². The van der Waals surface area contributed by atoms with Crippen molar-refractivity contribution in [3.05, 3.63) is 53.2 Å². The molecular formula is C25H29ClN6O4S. The number of benzene rings is 2. The number of nitrogens with one attached hydrogen (secondary N) is 2. The smallest absolute Gasteiger partial charge is 0.244 e. The number of anilines is 5. The van der Waals surface area contributed by atoms with Crippen molar-refractivity contribution in [3.63, 3.8) is 0 Å². The number of halogens is 1. The number of hydrogen-bond acceptors (Lipinski definition) is 8. The second-order valence-electron chi connectivity index (χ2n) is 8.56. The maximum atomic E-state index is 12.8. The SMILES string of the molecule is CCN1C(=O)CCCc2c1ccc(Nc1ncc(Cl)c(Nc3ccccc3S(=O)(=O)N(C)C)n1)c2OC. The maximum Gasteiger partial charge on any atom is 0.244 e. The van der Waals surface area contributed by atoms with Crippen LogP contribution in [0.4, 0.5) is 28.8 Å². The Morgan fingerprint density at radius 1 is 1.11 bits per heavy atom. The number of hydrogen-bond donors (Lipinski definition) is 2. The van der Waals surface area contributed by atoms with E-state index in [1.165, 1.54) is 26.4 Å². The summed E-state index contributed by atoms with van der Waals surface area (Å²) < 4.78 is 32.5. The third-order valence-corrected chi connectivity index (χ3v) is 8.20. The third-order valence-electron chi connectivity index (χ3n) is 6.05. The summed E-state index contributed by atoms with van der Waals surface area (Å²) >= 11 is 6.36. The number of sulfonamides is 1. The van der Waals surface area contributed by atoms with Gasteiger partial charge in [-0.3, -0.25) is 4.79 Å². The van der Waals surface area contributed by atoms with Gasteiger partial charge < -0.3 is 20.3 Å². The first-order chi connectivity index (χ1) is 17.7. The molecule has 2 aromatic carbocycles. The monoisotopic (exact) mass is 544 g/mol. The fourth-order valence-electron chi connectivity index (χ4n) is 4.23. The van der Waals surface area contributed by atoms with Crippen LogP contribution in [-0.2, 0) is 21.2 Å². The van der Waals surface area contributed by atoms with Crippen molar-refractivity contribution in [3.8, 4) is 5.75 Å². The molecule has 0 spiro atoms. The van der Waals surface area contributed by atoms with Gasteiger partial charge in [0.15, 0.2) is 5.82 Å². The van der Waals surface area contributed by atoms with Gasteiger partial charge in [-0.05, 0) is 44.0 Å². The Bertz CT molecular complexity index is 1430. The van der Waals surface area contributed by atoms with Crippen LogP contribution >= 0.6 is 11.6 Å². The van der Waals surface area contributed by atoms with Crippen LogP contribution in [0.3, 0.4) is 0 Å². The summed E-state index contributed by atoms with van der Waals surface area (Å²) in [6, 6.07) is 10.2. The molecule has 2 N–H and O–H groups in total. The Balaban J connectivity index is 1.68. The molecule has 12 heteroatoms. The van der Waals surface area contributed by atoms with E-state index >= 15 is 0 Å². The largest absolute Gasteiger partial charge is 0.494 e. The summed E-state index contributed by atoms with van der Waals surface area (Å²) in [6.45, 7) is 2.52. The number of nitrogens with zero attached hydrogens (tertiary/aromatic N) is 4. The van der Waals surface area contributed by atoms with Crippen molar-refractivity contribution < 1.29 is 17.9 Å². The van der Waals surface area contributed by atoms with Crippen LogP contribution < -0.4 is 20.3 Å². The number of rotatable bonds is 8. The van der Waals surface area contributed by atoms with Gasteiger partial charge in [0, 0.05) is 32.6 Å². The Hall–Kier alpha value is -3.41. The highest BCUT2D eigenvalue weighted by molar-refractivity contribution is 7.89. The fourth-order valence-corrected chi connectivity index (χ4v) is 5.41. The van der Waals surface area contributed by atoms with E-state index in [-0.39, 0.29) is 27.6 Å². The number of aromatic nitrogens is 2. The summed E-state index contributed by atoms with van der Waals surface area (Å²) in [5, 5.41) is 6.42. The van der Waals surface area contributed by atoms with Gasteiger partial charge >= 0.3 is 0 Å². The average Bonchev–Trinajstić information content (AvgIpc) is 3.03. The lowest BCUT2D eigenvalue weighted by molar-refractivity contribution is -0.118. The van der Waals surface area contributed by atoms with Crippen molar-refractivity contribution in [1.82, 2.24) is 14.3 Å². The Kier molecular flexibility index (Phi) is 7.86. The van der Waals surface area contributed by atoms with E-state index in [1.54, 1.807) is 30.2 Å². The quantitative estimate of drug-likeness (QED) is 0.424. The number of carbonyl (C=O) groups is 1. The van der Waals surface area contributed by atoms with Crippen molar-refractivity contribution in [2.24, 2.45) is 0 Å². The van der Waals surface area contributed by atoms with E-state index < -0.39 is 10.0 Å². The van der Waals surface area contributed by atoms with Gasteiger partial charge in [-0.1, -0.05) is 23.7 Å². The highest BCUT2D eigenvalue weighted by Gasteiger charge is 2.26. The molecule has 0 unspecified atom stereocenters. The van der Waals surface area contributed by atoms with Gasteiger partial charge in [0.1, 0.15) is 15.7 Å². The standard InChI is InChI=1S/C25H29ClN6O4S/c1-5-32-20-14-13-19(23(36-4)16(20)9-8-12-22(32)33)29-25-27-15-17(26)24(30-25)28-18-10-6-7-11-21(18)37(34,35)31(2)3/h6-7,10-11,13-15H,5,8-9,12H2,1-4H3,(H2,27,28,29,30). The second kappa shape index (κ2) is 10.9. The van der Waals surface area contributed by atoms with Gasteiger partial charge in [-0.15, -0.1) is 0 Å². The van der Waals surface area contributed by atoms with Crippen molar-refractivity contribution in [1.29, 1.82) is 0 Å². The summed E-state index contributed by atoms with van der Waals surface area (Å²) in [5.74, 6) is 1.17. The first-order valence-electron chi connectivity index (χ1n) is 11.8. The number of fused-ring (bicyclic) bond motifs is 1. The van der Waals surface area contributed by atoms with Gasteiger partial charge in [0.05, 0.1) is 30.4 Å². The van der Waals surface area contributed by atoms with E-state index in [0.717, 1.165) is 22.0 Å². The van der Waals surface area contributed by atoms with Crippen LogP contribution in [0.25, 0.3) is 0 Å². The summed E-state index contributed by atoms with van der Waals surface area (Å²) in [4.78, 5) is 23.1. The molecule has 3 aromatic rings. The molecule has 1 amide bonds. The van der Waals surface area contributed by atoms with Gasteiger partial charge in [0.2, 0.25) is 21.9 Å². The number of carbonyl (C=O) groups excluding carboxylic acids is 1. The first-order valence-corrected chi connectivity index (χ1v) is 13.6. The van der Waals surface area contributed by atoms with Gasteiger partial charge in [-0.25, -0.2) is 17.7 Å². The minimum Gasteiger partial charge on any atom is -0.494 e. The third kappa shape index (κ3) is 5.34. The highest BCUT2D eigenvalue weighted by Crippen LogP contribution is 2.40. The number of amides is 1. The van der Waals surface area contributed by atoms with Crippen molar-refractivity contribution in [2.45, 2.75) is 31.1 Å². The minimum atomic E-state index is -3.71. The second-order valence-corrected chi connectivity index (χ2v) is 11.1. The van der Waals surface area contributed by atoms with E-state index in [4.69, 9.17) is 16.3 Å². The molecule has 0 radical (unpaired) electrons. The highest BCUT2D eigenvalue weighted by atomic mass is 35.5. The lowest BCUT2D eigenvalue weighted by Gasteiger charge is -2.24. The molecular weight excluding hydrogens is 516 g/mol. The number of ether oxygens (including phenoxy) is 1. The zero-order valence-corrected chi connectivity index (χ0v) is 22.7. The van der Waals surface area contributed by atoms with Crippen molar-refractivity contribution in [2.75, 3.05) is 43.3 Å². The summed E-state index contributed by atoms with van der Waals surface area (Å²) in [7, 11) is 0.814. The van der Waals surface area contributed by atoms with E-state index in [9.17, 15) is 13.2 Å². The van der Waals surface area contributed by atoms with Crippen LogP contribution in [0.2, 0.25) is 5.02 Å². The maximum absolute atomic E-state index is 12.8. The molecule has 1 aliphatic rings. The molecule has 0 saturated carbocycles. The van der Waals surface area contributed by atoms with Crippen molar-refractivity contribution >= 4 is 56.4 Å². The molecule has 1 aromatic heterocycles. The average molecular weight is 545 g/mol. The van der Waals surface area contributed by atoms with E-state index in [2.05, 4.69) is 20.6 Å². The molecule has 196 valence electrons.